The molecule has 0 amide bonds. The number of rotatable bonds is 7. The molecule has 19 heavy (non-hydrogen) atoms. The molecule has 2 rings (SSSR count). The lowest BCUT2D eigenvalue weighted by Crippen LogP contribution is -2.29. The zero-order valence-corrected chi connectivity index (χ0v) is 12.0. The van der Waals surface area contributed by atoms with Crippen LogP contribution >= 0.6 is 0 Å². The Labute approximate surface area is 114 Å². The molecule has 6 heteroatoms. The van der Waals surface area contributed by atoms with E-state index in [0.717, 1.165) is 18.4 Å². The minimum Gasteiger partial charge on any atom is -0.493 e. The molecule has 5 nitrogen and oxygen atoms in total. The number of nitrogens with one attached hydrogen (secondary N) is 1. The summed E-state index contributed by atoms with van der Waals surface area (Å²) < 4.78 is 36.5. The number of methoxy groups -OCH3 is 2. The summed E-state index contributed by atoms with van der Waals surface area (Å²) in [5, 5.41) is 0. The lowest BCUT2D eigenvalue weighted by molar-refractivity contribution is 0.354. The molecule has 0 heterocycles. The van der Waals surface area contributed by atoms with E-state index in [-0.39, 0.29) is 11.8 Å². The molecule has 0 aliphatic heterocycles. The predicted molar refractivity (Wildman–Crippen MR) is 73.2 cm³/mol. The molecule has 1 aromatic rings. The van der Waals surface area contributed by atoms with Crippen LogP contribution in [-0.2, 0) is 16.4 Å². The monoisotopic (exact) mass is 285 g/mol. The molecule has 0 atom stereocenters. The molecule has 1 aromatic carbocycles. The highest BCUT2D eigenvalue weighted by molar-refractivity contribution is 7.89. The van der Waals surface area contributed by atoms with Gasteiger partial charge in [0.15, 0.2) is 11.5 Å². The SMILES string of the molecule is COc1ccc(CCS(=O)(=O)NC2CC2)cc1OC. The second-order valence-electron chi connectivity index (χ2n) is 4.65. The van der Waals surface area contributed by atoms with Gasteiger partial charge in [0.05, 0.1) is 20.0 Å². The molecule has 0 saturated heterocycles. The molecule has 0 unspecified atom stereocenters. The summed E-state index contributed by atoms with van der Waals surface area (Å²) in [6.07, 6.45) is 2.37. The van der Waals surface area contributed by atoms with Crippen molar-refractivity contribution >= 4 is 10.0 Å². The summed E-state index contributed by atoms with van der Waals surface area (Å²) in [4.78, 5) is 0. The van der Waals surface area contributed by atoms with Gasteiger partial charge in [0.2, 0.25) is 10.0 Å². The Morgan fingerprint density at radius 3 is 2.47 bits per heavy atom. The quantitative estimate of drug-likeness (QED) is 0.821. The molecule has 0 bridgehead atoms. The van der Waals surface area contributed by atoms with Crippen LogP contribution in [0.3, 0.4) is 0 Å². The molecular formula is C13H19NO4S. The van der Waals surface area contributed by atoms with Crippen LogP contribution in [0, 0.1) is 0 Å². The summed E-state index contributed by atoms with van der Waals surface area (Å²) in [6.45, 7) is 0. The van der Waals surface area contributed by atoms with E-state index in [1.54, 1.807) is 20.3 Å². The molecule has 0 aromatic heterocycles. The van der Waals surface area contributed by atoms with Gasteiger partial charge in [-0.1, -0.05) is 6.07 Å². The van der Waals surface area contributed by atoms with E-state index < -0.39 is 10.0 Å². The third kappa shape index (κ3) is 4.11. The van der Waals surface area contributed by atoms with Crippen molar-refractivity contribution < 1.29 is 17.9 Å². The second-order valence-corrected chi connectivity index (χ2v) is 6.52. The van der Waals surface area contributed by atoms with Crippen molar-refractivity contribution in [1.82, 2.24) is 4.72 Å². The third-order valence-electron chi connectivity index (χ3n) is 3.03. The first kappa shape index (κ1) is 14.1. The molecule has 0 radical (unpaired) electrons. The van der Waals surface area contributed by atoms with E-state index in [9.17, 15) is 8.42 Å². The molecule has 106 valence electrons. The van der Waals surface area contributed by atoms with Crippen LogP contribution in [0.4, 0.5) is 0 Å². The van der Waals surface area contributed by atoms with Crippen molar-refractivity contribution in [3.63, 3.8) is 0 Å². The van der Waals surface area contributed by atoms with E-state index in [4.69, 9.17) is 9.47 Å². The lowest BCUT2D eigenvalue weighted by Gasteiger charge is -2.10. The molecule has 0 spiro atoms. The lowest BCUT2D eigenvalue weighted by atomic mass is 10.1. The molecule has 1 fully saturated rings. The molecular weight excluding hydrogens is 266 g/mol. The Bertz CT molecular complexity index is 538. The maximum absolute atomic E-state index is 11.8. The van der Waals surface area contributed by atoms with Crippen LogP contribution in [0.15, 0.2) is 18.2 Å². The fourth-order valence-corrected chi connectivity index (χ4v) is 3.17. The number of sulfonamides is 1. The Morgan fingerprint density at radius 1 is 1.21 bits per heavy atom. The van der Waals surface area contributed by atoms with Gasteiger partial charge in [-0.2, -0.15) is 0 Å². The largest absolute Gasteiger partial charge is 0.493 e. The highest BCUT2D eigenvalue weighted by Gasteiger charge is 2.26. The third-order valence-corrected chi connectivity index (χ3v) is 4.47. The second kappa shape index (κ2) is 5.79. The Morgan fingerprint density at radius 2 is 1.89 bits per heavy atom. The van der Waals surface area contributed by atoms with Gasteiger partial charge in [-0.25, -0.2) is 13.1 Å². The van der Waals surface area contributed by atoms with Gasteiger partial charge in [-0.15, -0.1) is 0 Å². The maximum atomic E-state index is 11.8. The van der Waals surface area contributed by atoms with Crippen molar-refractivity contribution in [2.24, 2.45) is 0 Å². The number of hydrogen-bond donors (Lipinski definition) is 1. The zero-order chi connectivity index (χ0) is 13.9. The van der Waals surface area contributed by atoms with Crippen molar-refractivity contribution in [2.45, 2.75) is 25.3 Å². The smallest absolute Gasteiger partial charge is 0.212 e. The molecule has 1 N–H and O–H groups in total. The number of aryl methyl sites for hydroxylation is 1. The average molecular weight is 285 g/mol. The van der Waals surface area contributed by atoms with Crippen molar-refractivity contribution in [1.29, 1.82) is 0 Å². The summed E-state index contributed by atoms with van der Waals surface area (Å²) in [5.41, 5.74) is 0.916. The Kier molecular flexibility index (Phi) is 4.31. The Balaban J connectivity index is 1.98. The van der Waals surface area contributed by atoms with E-state index in [0.29, 0.717) is 17.9 Å². The Hall–Kier alpha value is -1.27. The minimum atomic E-state index is -3.17. The first-order valence-electron chi connectivity index (χ1n) is 6.25. The van der Waals surface area contributed by atoms with E-state index in [1.807, 2.05) is 12.1 Å². The van der Waals surface area contributed by atoms with Crippen molar-refractivity contribution in [3.8, 4) is 11.5 Å². The van der Waals surface area contributed by atoms with Crippen LogP contribution < -0.4 is 14.2 Å². The van der Waals surface area contributed by atoms with Crippen LogP contribution in [0.1, 0.15) is 18.4 Å². The highest BCUT2D eigenvalue weighted by atomic mass is 32.2. The fourth-order valence-electron chi connectivity index (χ4n) is 1.80. The van der Waals surface area contributed by atoms with Gasteiger partial charge in [0.1, 0.15) is 0 Å². The van der Waals surface area contributed by atoms with Gasteiger partial charge in [0, 0.05) is 6.04 Å². The van der Waals surface area contributed by atoms with Crippen molar-refractivity contribution in [2.75, 3.05) is 20.0 Å². The van der Waals surface area contributed by atoms with E-state index >= 15 is 0 Å². The topological polar surface area (TPSA) is 64.6 Å². The number of ether oxygens (including phenoxy) is 2. The zero-order valence-electron chi connectivity index (χ0n) is 11.2. The number of benzene rings is 1. The summed E-state index contributed by atoms with van der Waals surface area (Å²) in [5.74, 6) is 1.36. The van der Waals surface area contributed by atoms with Crippen LogP contribution in [0.25, 0.3) is 0 Å². The fraction of sp³-hybridized carbons (Fsp3) is 0.538. The maximum Gasteiger partial charge on any atom is 0.212 e. The minimum absolute atomic E-state index is 0.0962. The molecule has 1 saturated carbocycles. The normalized spacial score (nSPS) is 15.3. The van der Waals surface area contributed by atoms with E-state index in [1.165, 1.54) is 0 Å². The predicted octanol–water partition coefficient (Wildman–Crippen LogP) is 1.33. The number of hydrogen-bond acceptors (Lipinski definition) is 4. The van der Waals surface area contributed by atoms with Gasteiger partial charge in [-0.05, 0) is 37.0 Å². The summed E-state index contributed by atoms with van der Waals surface area (Å²) in [6, 6.07) is 5.62. The van der Waals surface area contributed by atoms with Gasteiger partial charge >= 0.3 is 0 Å². The first-order valence-corrected chi connectivity index (χ1v) is 7.90. The summed E-state index contributed by atoms with van der Waals surface area (Å²) >= 11 is 0. The standard InChI is InChI=1S/C13H19NO4S/c1-17-12-6-3-10(9-13(12)18-2)7-8-19(15,16)14-11-4-5-11/h3,6,9,11,14H,4-5,7-8H2,1-2H3. The first-order chi connectivity index (χ1) is 9.04. The van der Waals surface area contributed by atoms with Gasteiger partial charge in [-0.3, -0.25) is 0 Å². The van der Waals surface area contributed by atoms with E-state index in [2.05, 4.69) is 4.72 Å². The van der Waals surface area contributed by atoms with Gasteiger partial charge in [0.25, 0.3) is 0 Å². The highest BCUT2D eigenvalue weighted by Crippen LogP contribution is 2.27. The van der Waals surface area contributed by atoms with Crippen LogP contribution in [0.5, 0.6) is 11.5 Å². The van der Waals surface area contributed by atoms with Crippen LogP contribution in [-0.4, -0.2) is 34.4 Å². The average Bonchev–Trinajstić information content (AvgIpc) is 3.19. The molecule has 1 aliphatic rings. The van der Waals surface area contributed by atoms with Crippen molar-refractivity contribution in [3.05, 3.63) is 23.8 Å². The van der Waals surface area contributed by atoms with Gasteiger partial charge < -0.3 is 9.47 Å². The summed E-state index contributed by atoms with van der Waals surface area (Å²) in [7, 11) is -0.0404. The van der Waals surface area contributed by atoms with Crippen LogP contribution in [0.2, 0.25) is 0 Å². The molecule has 1 aliphatic carbocycles.